The molecule has 1 rings (SSSR count). The first-order valence-electron chi connectivity index (χ1n) is 4.95. The lowest BCUT2D eigenvalue weighted by molar-refractivity contribution is -0.116. The van der Waals surface area contributed by atoms with E-state index in [1.165, 1.54) is 0 Å². The Morgan fingerprint density at radius 3 is 2.56 bits per heavy atom. The van der Waals surface area contributed by atoms with Crippen molar-refractivity contribution in [1.29, 1.82) is 0 Å². The standard InChI is InChI=1S/C11H15N3O2/c1-7-6-8(11(13)16)2-3-9(7)14-10(15)4-5-12/h2-3,6H,4-5,12H2,1H3,(H2,13,16)(H,14,15). The molecule has 0 atom stereocenters. The van der Waals surface area contributed by atoms with Crippen molar-refractivity contribution in [3.8, 4) is 0 Å². The number of aryl methyl sites for hydroxylation is 1. The molecule has 5 heteroatoms. The van der Waals surface area contributed by atoms with E-state index in [0.717, 1.165) is 5.56 Å². The summed E-state index contributed by atoms with van der Waals surface area (Å²) < 4.78 is 0. The van der Waals surface area contributed by atoms with Gasteiger partial charge in [0.25, 0.3) is 0 Å². The highest BCUT2D eigenvalue weighted by molar-refractivity contribution is 5.95. The summed E-state index contributed by atoms with van der Waals surface area (Å²) in [6, 6.07) is 4.87. The van der Waals surface area contributed by atoms with Gasteiger partial charge < -0.3 is 16.8 Å². The number of carbonyl (C=O) groups is 2. The normalized spacial score (nSPS) is 9.88. The van der Waals surface area contributed by atoms with Crippen LogP contribution in [0.25, 0.3) is 0 Å². The molecule has 0 fully saturated rings. The Bertz CT molecular complexity index is 416. The zero-order valence-corrected chi connectivity index (χ0v) is 9.12. The summed E-state index contributed by atoms with van der Waals surface area (Å²) in [5.41, 5.74) is 12.3. The van der Waals surface area contributed by atoms with Crippen molar-refractivity contribution in [1.82, 2.24) is 0 Å². The molecule has 0 aliphatic heterocycles. The lowest BCUT2D eigenvalue weighted by Gasteiger charge is -2.08. The van der Waals surface area contributed by atoms with Crippen LogP contribution in [-0.2, 0) is 4.79 Å². The van der Waals surface area contributed by atoms with E-state index in [-0.39, 0.29) is 12.3 Å². The van der Waals surface area contributed by atoms with E-state index in [9.17, 15) is 9.59 Å². The molecule has 1 aromatic rings. The first kappa shape index (κ1) is 12.2. The summed E-state index contributed by atoms with van der Waals surface area (Å²) in [5, 5.41) is 2.71. The van der Waals surface area contributed by atoms with Crippen LogP contribution >= 0.6 is 0 Å². The second-order valence-corrected chi connectivity index (χ2v) is 3.48. The molecule has 0 radical (unpaired) electrons. The summed E-state index contributed by atoms with van der Waals surface area (Å²) in [5.74, 6) is -0.625. The van der Waals surface area contributed by atoms with Crippen molar-refractivity contribution >= 4 is 17.5 Å². The first-order valence-corrected chi connectivity index (χ1v) is 4.95. The van der Waals surface area contributed by atoms with Gasteiger partial charge in [0.05, 0.1) is 0 Å². The number of carbonyl (C=O) groups excluding carboxylic acids is 2. The van der Waals surface area contributed by atoms with Crippen molar-refractivity contribution < 1.29 is 9.59 Å². The fourth-order valence-electron chi connectivity index (χ4n) is 1.30. The molecule has 1 aromatic carbocycles. The average Bonchev–Trinajstić information content (AvgIpc) is 2.21. The van der Waals surface area contributed by atoms with Gasteiger partial charge in [0, 0.05) is 24.2 Å². The van der Waals surface area contributed by atoms with Gasteiger partial charge in [-0.1, -0.05) is 0 Å². The summed E-state index contributed by atoms with van der Waals surface area (Å²) in [6.45, 7) is 2.11. The van der Waals surface area contributed by atoms with Crippen LogP contribution in [0.5, 0.6) is 0 Å². The molecular weight excluding hydrogens is 206 g/mol. The first-order chi connectivity index (χ1) is 7.54. The Balaban J connectivity index is 2.83. The molecule has 0 bridgehead atoms. The minimum absolute atomic E-state index is 0.141. The molecule has 0 saturated carbocycles. The van der Waals surface area contributed by atoms with Gasteiger partial charge in [-0.15, -0.1) is 0 Å². The summed E-state index contributed by atoms with van der Waals surface area (Å²) in [7, 11) is 0. The minimum atomic E-state index is -0.483. The van der Waals surface area contributed by atoms with Crippen LogP contribution in [0.4, 0.5) is 5.69 Å². The molecule has 86 valence electrons. The number of amides is 2. The van der Waals surface area contributed by atoms with Crippen LogP contribution in [-0.4, -0.2) is 18.4 Å². The molecule has 16 heavy (non-hydrogen) atoms. The fourth-order valence-corrected chi connectivity index (χ4v) is 1.30. The fraction of sp³-hybridized carbons (Fsp3) is 0.273. The van der Waals surface area contributed by atoms with Gasteiger partial charge in [-0.2, -0.15) is 0 Å². The molecular formula is C11H15N3O2. The number of rotatable bonds is 4. The molecule has 0 heterocycles. The maximum absolute atomic E-state index is 11.3. The number of benzene rings is 1. The number of anilines is 1. The lowest BCUT2D eigenvalue weighted by atomic mass is 10.1. The van der Waals surface area contributed by atoms with Gasteiger partial charge in [0.1, 0.15) is 0 Å². The predicted octanol–water partition coefficient (Wildman–Crippen LogP) is 0.381. The van der Waals surface area contributed by atoms with Crippen LogP contribution in [0, 0.1) is 6.92 Å². The smallest absolute Gasteiger partial charge is 0.248 e. The third-order valence-corrected chi connectivity index (χ3v) is 2.16. The van der Waals surface area contributed by atoms with E-state index in [2.05, 4.69) is 5.32 Å². The molecule has 2 amide bonds. The highest BCUT2D eigenvalue weighted by Gasteiger charge is 2.06. The molecule has 0 aromatic heterocycles. The number of hydrogen-bond acceptors (Lipinski definition) is 3. The van der Waals surface area contributed by atoms with Crippen LogP contribution in [0.15, 0.2) is 18.2 Å². The van der Waals surface area contributed by atoms with Gasteiger partial charge in [-0.05, 0) is 30.7 Å². The molecule has 5 nitrogen and oxygen atoms in total. The second-order valence-electron chi connectivity index (χ2n) is 3.48. The van der Waals surface area contributed by atoms with Crippen LogP contribution < -0.4 is 16.8 Å². The van der Waals surface area contributed by atoms with Crippen LogP contribution in [0.3, 0.4) is 0 Å². The van der Waals surface area contributed by atoms with Crippen molar-refractivity contribution in [3.05, 3.63) is 29.3 Å². The molecule has 5 N–H and O–H groups in total. The van der Waals surface area contributed by atoms with Crippen molar-refractivity contribution in [2.75, 3.05) is 11.9 Å². The van der Waals surface area contributed by atoms with Gasteiger partial charge in [-0.3, -0.25) is 9.59 Å². The molecule has 0 spiro atoms. The Kier molecular flexibility index (Phi) is 4.02. The highest BCUT2D eigenvalue weighted by atomic mass is 16.2. The zero-order valence-electron chi connectivity index (χ0n) is 9.12. The largest absolute Gasteiger partial charge is 0.366 e. The molecule has 0 saturated heterocycles. The third-order valence-electron chi connectivity index (χ3n) is 2.16. The molecule has 0 unspecified atom stereocenters. The van der Waals surface area contributed by atoms with E-state index in [1.807, 2.05) is 0 Å². The van der Waals surface area contributed by atoms with Crippen molar-refractivity contribution in [3.63, 3.8) is 0 Å². The summed E-state index contributed by atoms with van der Waals surface area (Å²) in [4.78, 5) is 22.2. The Morgan fingerprint density at radius 1 is 1.38 bits per heavy atom. The number of nitrogens with two attached hydrogens (primary N) is 2. The van der Waals surface area contributed by atoms with Gasteiger partial charge in [0.15, 0.2) is 0 Å². The highest BCUT2D eigenvalue weighted by Crippen LogP contribution is 2.16. The quantitative estimate of drug-likeness (QED) is 0.685. The summed E-state index contributed by atoms with van der Waals surface area (Å²) in [6.07, 6.45) is 0.275. The van der Waals surface area contributed by atoms with E-state index in [0.29, 0.717) is 17.8 Å². The molecule has 0 aliphatic carbocycles. The predicted molar refractivity (Wildman–Crippen MR) is 62.0 cm³/mol. The second kappa shape index (κ2) is 5.27. The van der Waals surface area contributed by atoms with Gasteiger partial charge >= 0.3 is 0 Å². The van der Waals surface area contributed by atoms with E-state index in [1.54, 1.807) is 25.1 Å². The Morgan fingerprint density at radius 2 is 2.06 bits per heavy atom. The average molecular weight is 221 g/mol. The van der Waals surface area contributed by atoms with Gasteiger partial charge in [0.2, 0.25) is 11.8 Å². The van der Waals surface area contributed by atoms with Gasteiger partial charge in [-0.25, -0.2) is 0 Å². The van der Waals surface area contributed by atoms with Crippen LogP contribution in [0.2, 0.25) is 0 Å². The topological polar surface area (TPSA) is 98.2 Å². The summed E-state index contributed by atoms with van der Waals surface area (Å²) >= 11 is 0. The number of hydrogen-bond donors (Lipinski definition) is 3. The zero-order chi connectivity index (χ0) is 12.1. The van der Waals surface area contributed by atoms with Crippen LogP contribution in [0.1, 0.15) is 22.3 Å². The molecule has 0 aliphatic rings. The maximum Gasteiger partial charge on any atom is 0.248 e. The Hall–Kier alpha value is -1.88. The van der Waals surface area contributed by atoms with E-state index >= 15 is 0 Å². The maximum atomic E-state index is 11.3. The third kappa shape index (κ3) is 3.06. The monoisotopic (exact) mass is 221 g/mol. The Labute approximate surface area is 93.8 Å². The van der Waals surface area contributed by atoms with E-state index < -0.39 is 5.91 Å². The van der Waals surface area contributed by atoms with E-state index in [4.69, 9.17) is 11.5 Å². The minimum Gasteiger partial charge on any atom is -0.366 e. The van der Waals surface area contributed by atoms with Crippen molar-refractivity contribution in [2.24, 2.45) is 11.5 Å². The lowest BCUT2D eigenvalue weighted by Crippen LogP contribution is -2.17. The number of nitrogens with one attached hydrogen (secondary N) is 1. The SMILES string of the molecule is Cc1cc(C(N)=O)ccc1NC(=O)CCN. The number of primary amides is 1. The van der Waals surface area contributed by atoms with Crippen molar-refractivity contribution in [2.45, 2.75) is 13.3 Å².